The summed E-state index contributed by atoms with van der Waals surface area (Å²) in [6.45, 7) is 2.48. The van der Waals surface area contributed by atoms with Crippen LogP contribution in [0.25, 0.3) is 0 Å². The van der Waals surface area contributed by atoms with Gasteiger partial charge in [-0.05, 0) is 24.9 Å². The van der Waals surface area contributed by atoms with E-state index in [2.05, 4.69) is 0 Å². The predicted molar refractivity (Wildman–Crippen MR) is 75.1 cm³/mol. The van der Waals surface area contributed by atoms with Crippen molar-refractivity contribution in [3.05, 3.63) is 22.4 Å². The molecule has 1 N–H and O–H groups in total. The van der Waals surface area contributed by atoms with Crippen LogP contribution in [0.4, 0.5) is 0 Å². The highest BCUT2D eigenvalue weighted by molar-refractivity contribution is 7.09. The molecule has 0 fully saturated rings. The molecule has 1 heterocycles. The maximum absolute atomic E-state index is 12.0. The third-order valence-electron chi connectivity index (χ3n) is 2.99. The average Bonchev–Trinajstić information content (AvgIpc) is 2.81. The van der Waals surface area contributed by atoms with Crippen molar-refractivity contribution in [1.82, 2.24) is 9.80 Å². The number of hydrogen-bond acceptors (Lipinski definition) is 4. The van der Waals surface area contributed by atoms with Gasteiger partial charge in [-0.2, -0.15) is 0 Å². The molecule has 1 unspecified atom stereocenters. The van der Waals surface area contributed by atoms with Crippen LogP contribution in [0, 0.1) is 0 Å². The van der Waals surface area contributed by atoms with Crippen molar-refractivity contribution in [2.75, 3.05) is 20.6 Å². The maximum Gasteiger partial charge on any atom is 0.320 e. The highest BCUT2D eigenvalue weighted by atomic mass is 32.1. The second-order valence-electron chi connectivity index (χ2n) is 4.51. The Balaban J connectivity index is 2.51. The standard InChI is InChI=1S/C13H20N2O3S/c1-4-11(13(17)18)14(2)9-12(16)15(3)8-10-6-5-7-19-10/h5-7,11H,4,8-9H2,1-3H3,(H,17,18). The third kappa shape index (κ3) is 4.65. The normalized spacial score (nSPS) is 12.4. The number of aliphatic carboxylic acids is 1. The average molecular weight is 284 g/mol. The third-order valence-corrected chi connectivity index (χ3v) is 3.85. The fourth-order valence-electron chi connectivity index (χ4n) is 1.84. The SMILES string of the molecule is CCC(C(=O)O)N(C)CC(=O)N(C)Cc1cccs1. The summed E-state index contributed by atoms with van der Waals surface area (Å²) in [4.78, 5) is 27.3. The molecule has 0 saturated carbocycles. The zero-order valence-electron chi connectivity index (χ0n) is 11.5. The molecular formula is C13H20N2O3S. The summed E-state index contributed by atoms with van der Waals surface area (Å²) in [6, 6.07) is 3.31. The first-order valence-electron chi connectivity index (χ1n) is 6.15. The second kappa shape index (κ2) is 7.25. The van der Waals surface area contributed by atoms with Crippen molar-refractivity contribution >= 4 is 23.2 Å². The lowest BCUT2D eigenvalue weighted by Gasteiger charge is -2.25. The summed E-state index contributed by atoms with van der Waals surface area (Å²) in [5.41, 5.74) is 0. The van der Waals surface area contributed by atoms with E-state index in [9.17, 15) is 9.59 Å². The monoisotopic (exact) mass is 284 g/mol. The van der Waals surface area contributed by atoms with E-state index in [-0.39, 0.29) is 12.5 Å². The zero-order valence-corrected chi connectivity index (χ0v) is 12.3. The Bertz CT molecular complexity index is 420. The van der Waals surface area contributed by atoms with E-state index in [1.807, 2.05) is 17.5 Å². The Morgan fingerprint density at radius 1 is 1.42 bits per heavy atom. The van der Waals surface area contributed by atoms with Gasteiger partial charge >= 0.3 is 5.97 Å². The number of nitrogens with zero attached hydrogens (tertiary/aromatic N) is 2. The van der Waals surface area contributed by atoms with E-state index in [4.69, 9.17) is 5.11 Å². The first-order chi connectivity index (χ1) is 8.95. The molecule has 1 amide bonds. The summed E-state index contributed by atoms with van der Waals surface area (Å²) in [5.74, 6) is -0.964. The summed E-state index contributed by atoms with van der Waals surface area (Å²) in [6.07, 6.45) is 0.480. The molecule has 0 aliphatic heterocycles. The number of thiophene rings is 1. The number of likely N-dealkylation sites (N-methyl/N-ethyl adjacent to an activating group) is 2. The van der Waals surface area contributed by atoms with Crippen molar-refractivity contribution in [2.24, 2.45) is 0 Å². The van der Waals surface area contributed by atoms with E-state index < -0.39 is 12.0 Å². The quantitative estimate of drug-likeness (QED) is 0.824. The zero-order chi connectivity index (χ0) is 14.4. The van der Waals surface area contributed by atoms with E-state index in [0.717, 1.165) is 4.88 Å². The number of carboxylic acid groups (broad SMARTS) is 1. The summed E-state index contributed by atoms with van der Waals surface area (Å²) in [7, 11) is 3.40. The van der Waals surface area contributed by atoms with Crippen LogP contribution >= 0.6 is 11.3 Å². The molecule has 0 aliphatic carbocycles. The smallest absolute Gasteiger partial charge is 0.320 e. The van der Waals surface area contributed by atoms with Gasteiger partial charge in [0.05, 0.1) is 13.1 Å². The Morgan fingerprint density at radius 3 is 2.58 bits per heavy atom. The first kappa shape index (κ1) is 15.7. The van der Waals surface area contributed by atoms with Crippen molar-refractivity contribution in [1.29, 1.82) is 0 Å². The Hall–Kier alpha value is -1.40. The number of rotatable bonds is 7. The lowest BCUT2D eigenvalue weighted by molar-refractivity contribution is -0.144. The molecule has 1 atom stereocenters. The van der Waals surface area contributed by atoms with Gasteiger partial charge in [-0.15, -0.1) is 11.3 Å². The summed E-state index contributed by atoms with van der Waals surface area (Å²) >= 11 is 1.60. The predicted octanol–water partition coefficient (Wildman–Crippen LogP) is 1.50. The van der Waals surface area contributed by atoms with Gasteiger partial charge in [-0.25, -0.2) is 0 Å². The van der Waals surface area contributed by atoms with Crippen LogP contribution in [0.1, 0.15) is 18.2 Å². The van der Waals surface area contributed by atoms with Crippen LogP contribution in [0.3, 0.4) is 0 Å². The van der Waals surface area contributed by atoms with E-state index in [1.54, 1.807) is 42.2 Å². The van der Waals surface area contributed by atoms with Gasteiger partial charge in [0.2, 0.25) is 5.91 Å². The molecule has 0 saturated heterocycles. The highest BCUT2D eigenvalue weighted by Gasteiger charge is 2.23. The van der Waals surface area contributed by atoms with Gasteiger partial charge in [0.15, 0.2) is 0 Å². The van der Waals surface area contributed by atoms with Crippen LogP contribution < -0.4 is 0 Å². The van der Waals surface area contributed by atoms with Crippen molar-refractivity contribution in [3.8, 4) is 0 Å². The van der Waals surface area contributed by atoms with Crippen LogP contribution in [0.5, 0.6) is 0 Å². The number of carbonyl (C=O) groups excluding carboxylic acids is 1. The molecule has 5 nitrogen and oxygen atoms in total. The van der Waals surface area contributed by atoms with Crippen LogP contribution in [-0.4, -0.2) is 53.5 Å². The second-order valence-corrected chi connectivity index (χ2v) is 5.54. The van der Waals surface area contributed by atoms with Gasteiger partial charge in [0.25, 0.3) is 0 Å². The fraction of sp³-hybridized carbons (Fsp3) is 0.538. The van der Waals surface area contributed by atoms with Crippen molar-refractivity contribution in [2.45, 2.75) is 25.9 Å². The molecule has 0 aromatic carbocycles. The lowest BCUT2D eigenvalue weighted by Crippen LogP contribution is -2.44. The van der Waals surface area contributed by atoms with Crippen LogP contribution in [0.2, 0.25) is 0 Å². The first-order valence-corrected chi connectivity index (χ1v) is 7.03. The highest BCUT2D eigenvalue weighted by Crippen LogP contribution is 2.11. The molecule has 0 bridgehead atoms. The molecule has 1 aromatic rings. The Kier molecular flexibility index (Phi) is 5.98. The van der Waals surface area contributed by atoms with E-state index >= 15 is 0 Å². The van der Waals surface area contributed by atoms with Gasteiger partial charge in [-0.1, -0.05) is 13.0 Å². The largest absolute Gasteiger partial charge is 0.480 e. The molecule has 1 rings (SSSR count). The number of amides is 1. The molecular weight excluding hydrogens is 264 g/mol. The number of hydrogen-bond donors (Lipinski definition) is 1. The molecule has 106 valence electrons. The van der Waals surface area contributed by atoms with Gasteiger partial charge < -0.3 is 10.0 Å². The maximum atomic E-state index is 12.0. The van der Waals surface area contributed by atoms with E-state index in [1.165, 1.54) is 0 Å². The topological polar surface area (TPSA) is 60.9 Å². The van der Waals surface area contributed by atoms with Gasteiger partial charge in [-0.3, -0.25) is 14.5 Å². The molecule has 0 radical (unpaired) electrons. The summed E-state index contributed by atoms with van der Waals surface area (Å²) < 4.78 is 0. The van der Waals surface area contributed by atoms with Crippen LogP contribution in [-0.2, 0) is 16.1 Å². The number of carboxylic acids is 1. The van der Waals surface area contributed by atoms with Crippen molar-refractivity contribution in [3.63, 3.8) is 0 Å². The molecule has 19 heavy (non-hydrogen) atoms. The number of carbonyl (C=O) groups is 2. The fourth-order valence-corrected chi connectivity index (χ4v) is 2.60. The van der Waals surface area contributed by atoms with Gasteiger partial charge in [0.1, 0.15) is 6.04 Å². The lowest BCUT2D eigenvalue weighted by atomic mass is 10.2. The minimum atomic E-state index is -0.890. The summed E-state index contributed by atoms with van der Waals surface area (Å²) in [5, 5.41) is 11.0. The Morgan fingerprint density at radius 2 is 2.11 bits per heavy atom. The minimum absolute atomic E-state index is 0.0735. The van der Waals surface area contributed by atoms with Crippen LogP contribution in [0.15, 0.2) is 17.5 Å². The minimum Gasteiger partial charge on any atom is -0.480 e. The van der Waals surface area contributed by atoms with E-state index in [0.29, 0.717) is 13.0 Å². The molecule has 0 spiro atoms. The Labute approximate surface area is 117 Å². The molecule has 1 aromatic heterocycles. The van der Waals surface area contributed by atoms with Gasteiger partial charge in [0, 0.05) is 11.9 Å². The molecule has 0 aliphatic rings. The molecule has 6 heteroatoms. The van der Waals surface area contributed by atoms with Crippen molar-refractivity contribution < 1.29 is 14.7 Å².